The summed E-state index contributed by atoms with van der Waals surface area (Å²) in [5, 5.41) is 13.2. The van der Waals surface area contributed by atoms with Gasteiger partial charge in [-0.3, -0.25) is 9.80 Å². The summed E-state index contributed by atoms with van der Waals surface area (Å²) >= 11 is 0. The first-order chi connectivity index (χ1) is 8.65. The van der Waals surface area contributed by atoms with Gasteiger partial charge >= 0.3 is 0 Å². The lowest BCUT2D eigenvalue weighted by atomic mass is 10.1. The summed E-state index contributed by atoms with van der Waals surface area (Å²) in [7, 11) is 0. The third-order valence-corrected chi connectivity index (χ3v) is 3.77. The number of nitrogens with zero attached hydrogens (tertiary/aromatic N) is 2. The van der Waals surface area contributed by atoms with E-state index >= 15 is 0 Å². The van der Waals surface area contributed by atoms with E-state index in [1.54, 1.807) is 0 Å². The van der Waals surface area contributed by atoms with Crippen LogP contribution in [0.25, 0.3) is 0 Å². The second-order valence-electron chi connectivity index (χ2n) is 5.68. The highest BCUT2D eigenvalue weighted by Gasteiger charge is 2.28. The fourth-order valence-corrected chi connectivity index (χ4v) is 2.50. The number of piperazine rings is 1. The molecule has 5 nitrogen and oxygen atoms in total. The fraction of sp³-hybridized carbons (Fsp3) is 1.00. The number of aliphatic hydroxyl groups is 1. The summed E-state index contributed by atoms with van der Waals surface area (Å²) in [5.41, 5.74) is 0. The molecule has 0 aromatic heterocycles. The molecule has 1 atom stereocenters. The first-order valence-electron chi connectivity index (χ1n) is 7.12. The second kappa shape index (κ2) is 6.82. The van der Waals surface area contributed by atoms with Crippen molar-refractivity contribution in [2.45, 2.75) is 32.1 Å². The van der Waals surface area contributed by atoms with Crippen LogP contribution in [0.15, 0.2) is 0 Å². The molecule has 2 saturated heterocycles. The molecule has 2 rings (SSSR count). The number of aliphatic hydroxyl groups excluding tert-OH is 1. The summed E-state index contributed by atoms with van der Waals surface area (Å²) in [4.78, 5) is 4.90. The van der Waals surface area contributed by atoms with Crippen LogP contribution in [0.5, 0.6) is 0 Å². The largest absolute Gasteiger partial charge is 0.389 e. The number of hydrogen-bond acceptors (Lipinski definition) is 5. The lowest BCUT2D eigenvalue weighted by molar-refractivity contribution is -0.0183. The van der Waals surface area contributed by atoms with Crippen LogP contribution >= 0.6 is 0 Å². The Morgan fingerprint density at radius 1 is 1.22 bits per heavy atom. The van der Waals surface area contributed by atoms with E-state index in [2.05, 4.69) is 15.1 Å². The molecule has 18 heavy (non-hydrogen) atoms. The molecule has 2 fully saturated rings. The van der Waals surface area contributed by atoms with E-state index in [1.807, 2.05) is 13.8 Å². The number of ether oxygens (including phenoxy) is 1. The van der Waals surface area contributed by atoms with Gasteiger partial charge in [0, 0.05) is 51.9 Å². The van der Waals surface area contributed by atoms with Crippen molar-refractivity contribution in [2.75, 3.05) is 52.4 Å². The quantitative estimate of drug-likeness (QED) is 0.663. The molecule has 1 unspecified atom stereocenters. The number of rotatable bonds is 6. The Morgan fingerprint density at radius 2 is 1.89 bits per heavy atom. The molecule has 5 heteroatoms. The average molecular weight is 257 g/mol. The monoisotopic (exact) mass is 257 g/mol. The molecule has 2 heterocycles. The van der Waals surface area contributed by atoms with Gasteiger partial charge in [0.2, 0.25) is 0 Å². The van der Waals surface area contributed by atoms with E-state index < -0.39 is 0 Å². The maximum atomic E-state index is 9.89. The van der Waals surface area contributed by atoms with Gasteiger partial charge in [-0.15, -0.1) is 0 Å². The summed E-state index contributed by atoms with van der Waals surface area (Å²) in [6, 6.07) is 0.751. The van der Waals surface area contributed by atoms with Crippen LogP contribution in [0.2, 0.25) is 0 Å². The molecule has 0 spiro atoms. The summed E-state index contributed by atoms with van der Waals surface area (Å²) in [5.74, 6) is 0. The number of hydrogen-bond donors (Lipinski definition) is 2. The molecule has 0 saturated carbocycles. The van der Waals surface area contributed by atoms with Gasteiger partial charge in [0.05, 0.1) is 18.8 Å². The van der Waals surface area contributed by atoms with E-state index in [-0.39, 0.29) is 12.2 Å². The highest BCUT2D eigenvalue weighted by Crippen LogP contribution is 2.10. The SMILES string of the molecule is CC(C)OCC(O)CN1CCN(C2CNC2)CC1. The van der Waals surface area contributed by atoms with Gasteiger partial charge in [-0.1, -0.05) is 0 Å². The van der Waals surface area contributed by atoms with Crippen LogP contribution in [0.4, 0.5) is 0 Å². The fourth-order valence-electron chi connectivity index (χ4n) is 2.50. The minimum atomic E-state index is -0.357. The maximum absolute atomic E-state index is 9.89. The Kier molecular flexibility index (Phi) is 5.38. The van der Waals surface area contributed by atoms with Crippen molar-refractivity contribution in [3.8, 4) is 0 Å². The Morgan fingerprint density at radius 3 is 2.39 bits per heavy atom. The van der Waals surface area contributed by atoms with Gasteiger partial charge in [0.1, 0.15) is 0 Å². The smallest absolute Gasteiger partial charge is 0.0900 e. The zero-order chi connectivity index (χ0) is 13.0. The van der Waals surface area contributed by atoms with Gasteiger partial charge in [-0.2, -0.15) is 0 Å². The van der Waals surface area contributed by atoms with E-state index in [0.29, 0.717) is 6.61 Å². The number of nitrogens with one attached hydrogen (secondary N) is 1. The molecule has 0 aromatic carbocycles. The molecule has 0 aliphatic carbocycles. The van der Waals surface area contributed by atoms with E-state index in [0.717, 1.165) is 51.9 Å². The van der Waals surface area contributed by atoms with Crippen LogP contribution in [-0.2, 0) is 4.74 Å². The lowest BCUT2D eigenvalue weighted by Crippen LogP contribution is -2.62. The second-order valence-corrected chi connectivity index (χ2v) is 5.68. The van der Waals surface area contributed by atoms with E-state index in [4.69, 9.17) is 4.74 Å². The molecule has 0 radical (unpaired) electrons. The molecule has 0 amide bonds. The zero-order valence-electron chi connectivity index (χ0n) is 11.6. The zero-order valence-corrected chi connectivity index (χ0v) is 11.6. The highest BCUT2D eigenvalue weighted by molar-refractivity contribution is 4.87. The minimum absolute atomic E-state index is 0.197. The van der Waals surface area contributed by atoms with Crippen molar-refractivity contribution < 1.29 is 9.84 Å². The number of β-amino-alcohol motifs (C(OH)–C–C–N with tert-alkyl or cyclic N) is 1. The molecule has 0 bridgehead atoms. The van der Waals surface area contributed by atoms with Gasteiger partial charge < -0.3 is 15.2 Å². The molecule has 2 aliphatic rings. The van der Waals surface area contributed by atoms with E-state index in [1.165, 1.54) is 0 Å². The van der Waals surface area contributed by atoms with Crippen LogP contribution in [0.3, 0.4) is 0 Å². The van der Waals surface area contributed by atoms with Crippen molar-refractivity contribution >= 4 is 0 Å². The van der Waals surface area contributed by atoms with Crippen LogP contribution in [-0.4, -0.2) is 85.6 Å². The third-order valence-electron chi connectivity index (χ3n) is 3.77. The standard InChI is InChI=1S/C13H27N3O2/c1-11(2)18-10-13(17)9-15-3-5-16(6-4-15)12-7-14-8-12/h11-14,17H,3-10H2,1-2H3. The van der Waals surface area contributed by atoms with Crippen molar-refractivity contribution in [1.82, 2.24) is 15.1 Å². The molecule has 0 aromatic rings. The van der Waals surface area contributed by atoms with Crippen LogP contribution < -0.4 is 5.32 Å². The third kappa shape index (κ3) is 4.17. The van der Waals surface area contributed by atoms with Crippen molar-refractivity contribution in [3.05, 3.63) is 0 Å². The van der Waals surface area contributed by atoms with Crippen molar-refractivity contribution in [2.24, 2.45) is 0 Å². The summed E-state index contributed by atoms with van der Waals surface area (Å²) in [6.07, 6.45) is -0.160. The van der Waals surface area contributed by atoms with Crippen molar-refractivity contribution in [1.29, 1.82) is 0 Å². The topological polar surface area (TPSA) is 48.0 Å². The predicted molar refractivity (Wildman–Crippen MR) is 71.8 cm³/mol. The van der Waals surface area contributed by atoms with Crippen LogP contribution in [0.1, 0.15) is 13.8 Å². The predicted octanol–water partition coefficient (Wildman–Crippen LogP) is -0.638. The maximum Gasteiger partial charge on any atom is 0.0900 e. The summed E-state index contributed by atoms with van der Waals surface area (Å²) in [6.45, 7) is 11.9. The van der Waals surface area contributed by atoms with Crippen molar-refractivity contribution in [3.63, 3.8) is 0 Å². The first kappa shape index (κ1) is 14.2. The molecule has 2 N–H and O–H groups in total. The Hall–Kier alpha value is -0.200. The Balaban J connectivity index is 1.60. The van der Waals surface area contributed by atoms with Gasteiger partial charge in [0.15, 0.2) is 0 Å². The average Bonchev–Trinajstić information content (AvgIpc) is 2.27. The minimum Gasteiger partial charge on any atom is -0.389 e. The molecule has 106 valence electrons. The van der Waals surface area contributed by atoms with Gasteiger partial charge in [0.25, 0.3) is 0 Å². The molecular formula is C13H27N3O2. The van der Waals surface area contributed by atoms with E-state index in [9.17, 15) is 5.11 Å². The normalized spacial score (nSPS) is 25.3. The van der Waals surface area contributed by atoms with Gasteiger partial charge in [-0.25, -0.2) is 0 Å². The first-order valence-corrected chi connectivity index (χ1v) is 7.12. The summed E-state index contributed by atoms with van der Waals surface area (Å²) < 4.78 is 5.44. The Bertz CT molecular complexity index is 238. The highest BCUT2D eigenvalue weighted by atomic mass is 16.5. The van der Waals surface area contributed by atoms with Gasteiger partial charge in [-0.05, 0) is 13.8 Å². The Labute approximate surface area is 110 Å². The molecule has 2 aliphatic heterocycles. The van der Waals surface area contributed by atoms with Crippen LogP contribution in [0, 0.1) is 0 Å². The lowest BCUT2D eigenvalue weighted by Gasteiger charge is -2.43. The molecular weight excluding hydrogens is 230 g/mol.